The molecule has 6 heterocycles. The van der Waals surface area contributed by atoms with Crippen molar-refractivity contribution in [1.82, 2.24) is 38.2 Å². The first-order chi connectivity index (χ1) is 36.6. The third-order valence-electron chi connectivity index (χ3n) is 13.2. The zero-order valence-corrected chi connectivity index (χ0v) is 42.3. The summed E-state index contributed by atoms with van der Waals surface area (Å²) in [6.45, 7) is 0.227. The topological polar surface area (TPSA) is 186 Å². The maximum absolute atomic E-state index is 13.5. The molecular formula is C61H61N9O5. The molecule has 14 heteroatoms. The lowest BCUT2D eigenvalue weighted by Crippen LogP contribution is -2.30. The van der Waals surface area contributed by atoms with Gasteiger partial charge in [0.15, 0.2) is 5.78 Å². The van der Waals surface area contributed by atoms with Crippen LogP contribution in [-0.4, -0.2) is 55.1 Å². The second-order valence-corrected chi connectivity index (χ2v) is 18.3. The average molecular weight is 1000 g/mol. The second kappa shape index (κ2) is 25.7. The minimum Gasteiger partial charge on any atom is -0.480 e. The minimum atomic E-state index is -1.05. The van der Waals surface area contributed by atoms with Crippen molar-refractivity contribution in [3.05, 3.63) is 237 Å². The van der Waals surface area contributed by atoms with Gasteiger partial charge in [0, 0.05) is 74.0 Å². The summed E-state index contributed by atoms with van der Waals surface area (Å²) in [5.41, 5.74) is 15.7. The molecule has 0 fully saturated rings. The molecule has 0 aliphatic heterocycles. The normalized spacial score (nSPS) is 10.9. The highest BCUT2D eigenvalue weighted by Crippen LogP contribution is 2.22. The number of fused-ring (bicyclic) bond motifs is 2. The number of ketones is 1. The third-order valence-corrected chi connectivity index (χ3v) is 13.2. The molecule has 14 nitrogen and oxygen atoms in total. The molecule has 0 unspecified atom stereocenters. The molecule has 3 N–H and O–H groups in total. The number of aromatic nitrogens is 8. The number of nitrogens with zero attached hydrogens (tertiary/aromatic N) is 8. The van der Waals surface area contributed by atoms with Crippen molar-refractivity contribution in [3.63, 3.8) is 0 Å². The van der Waals surface area contributed by atoms with Crippen LogP contribution < -0.4 is 16.9 Å². The number of carboxylic acid groups (broad SMARTS) is 1. The third kappa shape index (κ3) is 13.6. The molecule has 4 aromatic carbocycles. The van der Waals surface area contributed by atoms with E-state index in [0.29, 0.717) is 55.0 Å². The van der Waals surface area contributed by atoms with E-state index in [-0.39, 0.29) is 30.0 Å². The van der Waals surface area contributed by atoms with Gasteiger partial charge in [-0.2, -0.15) is 0 Å². The number of nitrogens with two attached hydrogens (primary N) is 1. The number of benzene rings is 4. The number of rotatable bonds is 18. The lowest BCUT2D eigenvalue weighted by Gasteiger charge is -2.14. The number of pyridine rings is 2. The Balaban J connectivity index is 0.000000169. The van der Waals surface area contributed by atoms with Crippen LogP contribution >= 0.6 is 0 Å². The van der Waals surface area contributed by atoms with E-state index in [1.807, 2.05) is 136 Å². The first kappa shape index (κ1) is 52.4. The van der Waals surface area contributed by atoms with Crippen LogP contribution in [0.2, 0.25) is 0 Å². The number of Topliss-reactive ketones (excluding diaryl/α,β-unsaturated/α-hetero) is 1. The fraction of sp³-hybridized carbons (Fsp3) is 0.213. The first-order valence-corrected chi connectivity index (χ1v) is 25.1. The molecule has 10 aromatic rings. The molecule has 0 amide bonds. The molecule has 0 aliphatic carbocycles. The molecule has 0 bridgehead atoms. The molecule has 0 saturated heterocycles. The van der Waals surface area contributed by atoms with E-state index in [2.05, 4.69) is 65.5 Å². The van der Waals surface area contributed by atoms with E-state index in [9.17, 15) is 24.3 Å². The maximum Gasteiger partial charge on any atom is 0.323 e. The van der Waals surface area contributed by atoms with Crippen molar-refractivity contribution in [2.45, 2.75) is 71.0 Å². The monoisotopic (exact) mass is 999 g/mol. The largest absolute Gasteiger partial charge is 0.480 e. The Kier molecular flexibility index (Phi) is 18.0. The summed E-state index contributed by atoms with van der Waals surface area (Å²) in [7, 11) is 4.02. The van der Waals surface area contributed by atoms with E-state index in [1.54, 1.807) is 29.4 Å². The van der Waals surface area contributed by atoms with Crippen LogP contribution in [0.25, 0.3) is 44.3 Å². The van der Waals surface area contributed by atoms with Crippen LogP contribution in [0.1, 0.15) is 53.2 Å². The maximum atomic E-state index is 13.5. The van der Waals surface area contributed by atoms with Crippen LogP contribution in [0.5, 0.6) is 0 Å². The summed E-state index contributed by atoms with van der Waals surface area (Å²) in [5, 5.41) is 11.4. The molecule has 0 spiro atoms. The summed E-state index contributed by atoms with van der Waals surface area (Å²) in [6.07, 6.45) is 16.0. The second-order valence-electron chi connectivity index (χ2n) is 18.3. The smallest absolute Gasteiger partial charge is 0.323 e. The summed E-state index contributed by atoms with van der Waals surface area (Å²) in [4.78, 5) is 67.8. The van der Waals surface area contributed by atoms with Gasteiger partial charge in [0.25, 0.3) is 11.1 Å². The first-order valence-electron chi connectivity index (χ1n) is 25.1. The van der Waals surface area contributed by atoms with Crippen LogP contribution in [0.15, 0.2) is 192 Å². The fourth-order valence-electron chi connectivity index (χ4n) is 9.19. The molecule has 0 radical (unpaired) electrons. The number of aryl methyl sites for hydroxylation is 7. The van der Waals surface area contributed by atoms with Crippen molar-refractivity contribution in [1.29, 1.82) is 0 Å². The van der Waals surface area contributed by atoms with Gasteiger partial charge in [-0.1, -0.05) is 121 Å². The number of hydrogen-bond donors (Lipinski definition) is 2. The Labute approximate surface area is 435 Å². The molecule has 0 aliphatic rings. The van der Waals surface area contributed by atoms with Crippen LogP contribution in [-0.2, 0) is 75.4 Å². The quantitative estimate of drug-likeness (QED) is 0.0839. The summed E-state index contributed by atoms with van der Waals surface area (Å²) in [6, 6.07) is 47.3. The molecule has 0 saturated carbocycles. The number of carboxylic acids is 1. The lowest BCUT2D eigenvalue weighted by atomic mass is 10.1. The lowest BCUT2D eigenvalue weighted by molar-refractivity contribution is -0.137. The van der Waals surface area contributed by atoms with Gasteiger partial charge in [-0.3, -0.25) is 48.2 Å². The number of carbonyl (C=O) groups excluding carboxylic acids is 1. The number of carbonyl (C=O) groups is 2. The van der Waals surface area contributed by atoms with E-state index < -0.39 is 5.97 Å². The van der Waals surface area contributed by atoms with Gasteiger partial charge in [0.1, 0.15) is 17.9 Å². The summed E-state index contributed by atoms with van der Waals surface area (Å²) >= 11 is 0. The fourth-order valence-corrected chi connectivity index (χ4v) is 9.19. The predicted octanol–water partition coefficient (Wildman–Crippen LogP) is 9.38. The van der Waals surface area contributed by atoms with Gasteiger partial charge in [-0.25, -0.2) is 0 Å². The van der Waals surface area contributed by atoms with Gasteiger partial charge in [-0.15, -0.1) is 0 Å². The van der Waals surface area contributed by atoms with Crippen LogP contribution in [0.3, 0.4) is 0 Å². The number of hydrogen-bond acceptors (Lipinski definition) is 9. The van der Waals surface area contributed by atoms with E-state index >= 15 is 0 Å². The predicted molar refractivity (Wildman–Crippen MR) is 295 cm³/mol. The highest BCUT2D eigenvalue weighted by Gasteiger charge is 2.17. The van der Waals surface area contributed by atoms with E-state index in [0.717, 1.165) is 64.5 Å². The molecule has 0 atom stereocenters. The Morgan fingerprint density at radius 1 is 0.520 bits per heavy atom. The van der Waals surface area contributed by atoms with Gasteiger partial charge in [-0.05, 0) is 91.5 Å². The molecular weight excluding hydrogens is 939 g/mol. The zero-order valence-electron chi connectivity index (χ0n) is 42.3. The van der Waals surface area contributed by atoms with Gasteiger partial charge in [0.2, 0.25) is 0 Å². The molecule has 380 valence electrons. The summed E-state index contributed by atoms with van der Waals surface area (Å²) in [5.74, 6) is -1.03. The molecule has 75 heavy (non-hydrogen) atoms. The van der Waals surface area contributed by atoms with E-state index in [1.165, 1.54) is 21.2 Å². The summed E-state index contributed by atoms with van der Waals surface area (Å²) < 4.78 is 7.09. The van der Waals surface area contributed by atoms with Crippen molar-refractivity contribution >= 4 is 33.6 Å². The van der Waals surface area contributed by atoms with E-state index in [4.69, 9.17) is 5.73 Å². The Bertz CT molecular complexity index is 3610. The standard InChI is InChI=1S/C31H30N4O2.C21H20N2O3.C9H11N3/c1-34-26(19-25-20-32-18-17-29(25)34)15-16-27(36)22-35-30(24-12-6-3-7-13-24)21-33-28(31(35)37)14-8-11-23-9-4-2-5-10-23;24-20(25)15-23-19(17-11-5-2-6-12-17)14-22-18(21(23)26)13-7-10-16-8-3-1-4-9-16;1-12-8(5-10)4-7-6-11-3-2-9(7)12/h2-7,9-10,12-13,17-21H,8,11,14-16,22H2,1H3;1-6,8-9,11-12,14H,7,10,13,15H2,(H,24,25);2-4,6H,5,10H2,1H3. The highest BCUT2D eigenvalue weighted by molar-refractivity contribution is 5.82. The van der Waals surface area contributed by atoms with Gasteiger partial charge >= 0.3 is 5.97 Å². The number of aliphatic carboxylic acids is 1. The molecule has 10 rings (SSSR count). The Hall–Kier alpha value is -8.88. The zero-order chi connectivity index (χ0) is 52.5. The average Bonchev–Trinajstić information content (AvgIpc) is 3.95. The van der Waals surface area contributed by atoms with Crippen molar-refractivity contribution in [3.8, 4) is 22.5 Å². The van der Waals surface area contributed by atoms with Crippen molar-refractivity contribution in [2.75, 3.05) is 0 Å². The van der Waals surface area contributed by atoms with Crippen LogP contribution in [0, 0.1) is 0 Å². The Morgan fingerprint density at radius 3 is 1.39 bits per heavy atom. The molecule has 6 aromatic heterocycles. The van der Waals surface area contributed by atoms with Crippen molar-refractivity contribution < 1.29 is 14.7 Å². The van der Waals surface area contributed by atoms with Gasteiger partial charge < -0.3 is 20.0 Å². The highest BCUT2D eigenvalue weighted by atomic mass is 16.4. The van der Waals surface area contributed by atoms with Gasteiger partial charge in [0.05, 0.1) is 41.4 Å². The Morgan fingerprint density at radius 2 is 0.947 bits per heavy atom. The van der Waals surface area contributed by atoms with Crippen LogP contribution in [0.4, 0.5) is 0 Å². The SMILES string of the molecule is Cn1c(CCC(=O)Cn2c(-c3ccccc3)cnc(CCCc3ccccc3)c2=O)cc2cnccc21.Cn1c(CN)cc2cnccc21.O=C(O)Cn1c(-c2ccccc2)cnc(CCCc2ccccc2)c1=O. The minimum absolute atomic E-state index is 0.0177. The van der Waals surface area contributed by atoms with Crippen molar-refractivity contribution in [2.24, 2.45) is 19.8 Å².